The summed E-state index contributed by atoms with van der Waals surface area (Å²) in [6.07, 6.45) is 3.43. The number of carbonyl (C=O) groups excluding carboxylic acids is 1. The molecule has 0 saturated carbocycles. The summed E-state index contributed by atoms with van der Waals surface area (Å²) < 4.78 is 28.9. The van der Waals surface area contributed by atoms with Gasteiger partial charge in [-0.05, 0) is 18.8 Å². The second-order valence-electron chi connectivity index (χ2n) is 6.99. The van der Waals surface area contributed by atoms with Crippen molar-refractivity contribution in [1.82, 2.24) is 10.2 Å². The molecular formula is C17H32N2O4S. The molecule has 2 atom stereocenters. The number of amides is 1. The maximum atomic E-state index is 12.5. The normalized spacial score (nSPS) is 26.2. The van der Waals surface area contributed by atoms with Gasteiger partial charge in [-0.15, -0.1) is 0 Å². The highest BCUT2D eigenvalue weighted by Gasteiger charge is 2.32. The van der Waals surface area contributed by atoms with E-state index in [1.807, 2.05) is 0 Å². The summed E-state index contributed by atoms with van der Waals surface area (Å²) in [4.78, 5) is 14.9. The summed E-state index contributed by atoms with van der Waals surface area (Å²) in [7, 11) is -3.05. The number of hydrogen-bond acceptors (Lipinski definition) is 5. The van der Waals surface area contributed by atoms with Crippen molar-refractivity contribution in [2.24, 2.45) is 11.8 Å². The SMILES string of the molecule is CCC(CC)[C@@H](CNC(=O)[C@@H]1CCCS(=O)(=O)C1)N1CCOCC1. The molecule has 0 aliphatic carbocycles. The summed E-state index contributed by atoms with van der Waals surface area (Å²) in [5.41, 5.74) is 0. The van der Waals surface area contributed by atoms with Crippen molar-refractivity contribution < 1.29 is 17.9 Å². The van der Waals surface area contributed by atoms with Gasteiger partial charge in [0.05, 0.1) is 30.6 Å². The molecule has 2 aliphatic heterocycles. The molecule has 0 bridgehead atoms. The van der Waals surface area contributed by atoms with Crippen LogP contribution in [-0.4, -0.2) is 69.6 Å². The van der Waals surface area contributed by atoms with Gasteiger partial charge in [-0.3, -0.25) is 9.69 Å². The van der Waals surface area contributed by atoms with Crippen LogP contribution >= 0.6 is 0 Å². The molecule has 0 unspecified atom stereocenters. The van der Waals surface area contributed by atoms with Crippen LogP contribution in [-0.2, 0) is 19.4 Å². The van der Waals surface area contributed by atoms with E-state index in [0.717, 1.165) is 39.1 Å². The first-order chi connectivity index (χ1) is 11.5. The van der Waals surface area contributed by atoms with Crippen LogP contribution < -0.4 is 5.32 Å². The van der Waals surface area contributed by atoms with Crippen molar-refractivity contribution in [1.29, 1.82) is 0 Å². The van der Waals surface area contributed by atoms with E-state index in [1.165, 1.54) is 0 Å². The zero-order chi connectivity index (χ0) is 17.6. The first-order valence-electron chi connectivity index (χ1n) is 9.26. The van der Waals surface area contributed by atoms with E-state index < -0.39 is 9.84 Å². The van der Waals surface area contributed by atoms with Crippen LogP contribution in [0.15, 0.2) is 0 Å². The standard InChI is InChI=1S/C17H32N2O4S/c1-3-14(4-2)16(19-7-9-23-10-8-19)12-18-17(20)15-6-5-11-24(21,22)13-15/h14-16H,3-13H2,1-2H3,(H,18,20)/t15-,16-/m1/s1. The van der Waals surface area contributed by atoms with Gasteiger partial charge in [-0.25, -0.2) is 8.42 Å². The molecule has 2 aliphatic rings. The van der Waals surface area contributed by atoms with Gasteiger partial charge in [-0.2, -0.15) is 0 Å². The van der Waals surface area contributed by atoms with E-state index in [4.69, 9.17) is 4.74 Å². The molecule has 2 heterocycles. The molecular weight excluding hydrogens is 328 g/mol. The number of ether oxygens (including phenoxy) is 1. The Hall–Kier alpha value is -0.660. The largest absolute Gasteiger partial charge is 0.379 e. The fraction of sp³-hybridized carbons (Fsp3) is 0.941. The molecule has 1 N–H and O–H groups in total. The van der Waals surface area contributed by atoms with Crippen molar-refractivity contribution in [3.8, 4) is 0 Å². The third kappa shape index (κ3) is 5.43. The van der Waals surface area contributed by atoms with Crippen molar-refractivity contribution in [3.05, 3.63) is 0 Å². The zero-order valence-electron chi connectivity index (χ0n) is 15.0. The predicted molar refractivity (Wildman–Crippen MR) is 94.6 cm³/mol. The topological polar surface area (TPSA) is 75.7 Å². The van der Waals surface area contributed by atoms with Crippen molar-refractivity contribution in [2.75, 3.05) is 44.4 Å². The average molecular weight is 361 g/mol. The van der Waals surface area contributed by atoms with Gasteiger partial charge in [-0.1, -0.05) is 26.7 Å². The number of morpholine rings is 1. The van der Waals surface area contributed by atoms with E-state index >= 15 is 0 Å². The highest BCUT2D eigenvalue weighted by molar-refractivity contribution is 7.91. The zero-order valence-corrected chi connectivity index (χ0v) is 15.8. The van der Waals surface area contributed by atoms with E-state index in [1.54, 1.807) is 0 Å². The fourth-order valence-corrected chi connectivity index (χ4v) is 5.62. The van der Waals surface area contributed by atoms with Crippen LogP contribution in [0.4, 0.5) is 0 Å². The van der Waals surface area contributed by atoms with Crippen LogP contribution in [0.2, 0.25) is 0 Å². The first-order valence-corrected chi connectivity index (χ1v) is 11.1. The summed E-state index contributed by atoms with van der Waals surface area (Å²) >= 11 is 0. The van der Waals surface area contributed by atoms with Crippen LogP contribution in [0.25, 0.3) is 0 Å². The molecule has 2 fully saturated rings. The third-order valence-corrected chi connectivity index (χ3v) is 7.25. The van der Waals surface area contributed by atoms with Crippen molar-refractivity contribution in [3.63, 3.8) is 0 Å². The number of hydrogen-bond donors (Lipinski definition) is 1. The summed E-state index contributed by atoms with van der Waals surface area (Å²) in [5.74, 6) is 0.282. The van der Waals surface area contributed by atoms with Crippen LogP contribution in [0, 0.1) is 11.8 Å². The molecule has 0 spiro atoms. The molecule has 2 saturated heterocycles. The second kappa shape index (κ2) is 9.15. The molecule has 1 amide bonds. The third-order valence-electron chi connectivity index (χ3n) is 5.43. The van der Waals surface area contributed by atoms with Gasteiger partial charge in [0.1, 0.15) is 0 Å². The Morgan fingerprint density at radius 2 is 1.92 bits per heavy atom. The summed E-state index contributed by atoms with van der Waals surface area (Å²) in [5, 5.41) is 3.05. The average Bonchev–Trinajstić information content (AvgIpc) is 2.58. The fourth-order valence-electron chi connectivity index (χ4n) is 3.91. The smallest absolute Gasteiger partial charge is 0.224 e. The van der Waals surface area contributed by atoms with Gasteiger partial charge in [0.2, 0.25) is 5.91 Å². The lowest BCUT2D eigenvalue weighted by Crippen LogP contribution is -2.53. The monoisotopic (exact) mass is 360 g/mol. The maximum Gasteiger partial charge on any atom is 0.224 e. The molecule has 0 aromatic carbocycles. The van der Waals surface area contributed by atoms with E-state index in [9.17, 15) is 13.2 Å². The van der Waals surface area contributed by atoms with Gasteiger partial charge in [0.15, 0.2) is 9.84 Å². The first kappa shape index (κ1) is 19.7. The molecule has 0 aromatic rings. The Balaban J connectivity index is 1.94. The molecule has 7 heteroatoms. The lowest BCUT2D eigenvalue weighted by Gasteiger charge is -2.39. The number of rotatable bonds is 7. The number of nitrogens with one attached hydrogen (secondary N) is 1. The van der Waals surface area contributed by atoms with Crippen molar-refractivity contribution in [2.45, 2.75) is 45.6 Å². The minimum Gasteiger partial charge on any atom is -0.379 e. The molecule has 140 valence electrons. The molecule has 24 heavy (non-hydrogen) atoms. The Kier molecular flexibility index (Phi) is 7.50. The predicted octanol–water partition coefficient (Wildman–Crippen LogP) is 1.06. The second-order valence-corrected chi connectivity index (χ2v) is 9.22. The minimum absolute atomic E-state index is 0.00599. The Bertz CT molecular complexity index is 499. The number of sulfone groups is 1. The van der Waals surface area contributed by atoms with Gasteiger partial charge >= 0.3 is 0 Å². The lowest BCUT2D eigenvalue weighted by atomic mass is 9.92. The minimum atomic E-state index is -3.05. The summed E-state index contributed by atoms with van der Waals surface area (Å²) in [6.45, 7) is 8.26. The lowest BCUT2D eigenvalue weighted by molar-refractivity contribution is -0.125. The van der Waals surface area contributed by atoms with Gasteiger partial charge in [0.25, 0.3) is 0 Å². The molecule has 0 aromatic heterocycles. The van der Waals surface area contributed by atoms with Crippen LogP contribution in [0.5, 0.6) is 0 Å². The van der Waals surface area contributed by atoms with E-state index in [0.29, 0.717) is 31.3 Å². The van der Waals surface area contributed by atoms with Crippen LogP contribution in [0.3, 0.4) is 0 Å². The van der Waals surface area contributed by atoms with Crippen LogP contribution in [0.1, 0.15) is 39.5 Å². The molecule has 2 rings (SSSR count). The van der Waals surface area contributed by atoms with E-state index in [2.05, 4.69) is 24.1 Å². The van der Waals surface area contributed by atoms with Crippen molar-refractivity contribution >= 4 is 15.7 Å². The maximum absolute atomic E-state index is 12.5. The molecule has 0 radical (unpaired) electrons. The number of nitrogens with zero attached hydrogens (tertiary/aromatic N) is 1. The van der Waals surface area contributed by atoms with E-state index in [-0.39, 0.29) is 23.3 Å². The Labute approximate surface area is 146 Å². The van der Waals surface area contributed by atoms with Gasteiger partial charge < -0.3 is 10.1 Å². The molecule has 6 nitrogen and oxygen atoms in total. The number of carbonyl (C=O) groups is 1. The van der Waals surface area contributed by atoms with Gasteiger partial charge in [0, 0.05) is 25.7 Å². The summed E-state index contributed by atoms with van der Waals surface area (Å²) in [6, 6.07) is 0.299. The Morgan fingerprint density at radius 1 is 1.25 bits per heavy atom. The Morgan fingerprint density at radius 3 is 2.50 bits per heavy atom. The highest BCUT2D eigenvalue weighted by Crippen LogP contribution is 2.21. The highest BCUT2D eigenvalue weighted by atomic mass is 32.2. The quantitative estimate of drug-likeness (QED) is 0.735.